The van der Waals surface area contributed by atoms with Crippen LogP contribution in [0.5, 0.6) is 0 Å². The SMILES string of the molecule is CCN1C(=O)S/C(=C\c2ccc(C)n2C)C1=O. The van der Waals surface area contributed by atoms with E-state index in [4.69, 9.17) is 0 Å². The van der Waals surface area contributed by atoms with Crippen LogP contribution in [0.4, 0.5) is 4.79 Å². The van der Waals surface area contributed by atoms with Gasteiger partial charge in [-0.1, -0.05) is 0 Å². The average Bonchev–Trinajstić information content (AvgIpc) is 2.74. The quantitative estimate of drug-likeness (QED) is 0.757. The Bertz CT molecular complexity index is 517. The van der Waals surface area contributed by atoms with Crippen molar-refractivity contribution >= 4 is 29.0 Å². The second kappa shape index (κ2) is 4.41. The van der Waals surface area contributed by atoms with Crippen molar-refractivity contribution in [1.82, 2.24) is 9.47 Å². The Morgan fingerprint density at radius 1 is 1.35 bits per heavy atom. The lowest BCUT2D eigenvalue weighted by Gasteiger charge is -2.07. The molecule has 4 nitrogen and oxygen atoms in total. The van der Waals surface area contributed by atoms with Crippen LogP contribution in [-0.4, -0.2) is 27.2 Å². The topological polar surface area (TPSA) is 42.3 Å². The zero-order valence-electron chi connectivity index (χ0n) is 10.1. The molecule has 2 rings (SSSR count). The number of likely N-dealkylation sites (N-methyl/N-ethyl adjacent to an activating group) is 1. The number of rotatable bonds is 2. The molecule has 0 aromatic carbocycles. The minimum Gasteiger partial charge on any atom is -0.348 e. The van der Waals surface area contributed by atoms with Gasteiger partial charge in [0, 0.05) is 25.0 Å². The van der Waals surface area contributed by atoms with Crippen molar-refractivity contribution < 1.29 is 9.59 Å². The van der Waals surface area contributed by atoms with Gasteiger partial charge in [-0.05, 0) is 43.8 Å². The number of carbonyl (C=O) groups excluding carboxylic acids is 2. The molecule has 0 aliphatic carbocycles. The van der Waals surface area contributed by atoms with Gasteiger partial charge in [-0.25, -0.2) is 0 Å². The van der Waals surface area contributed by atoms with Crippen LogP contribution in [0.1, 0.15) is 18.3 Å². The van der Waals surface area contributed by atoms with Gasteiger partial charge in [0.2, 0.25) is 0 Å². The molecule has 0 unspecified atom stereocenters. The van der Waals surface area contributed by atoms with Crippen LogP contribution in [0.3, 0.4) is 0 Å². The molecular formula is C12H14N2O2S. The number of amides is 2. The summed E-state index contributed by atoms with van der Waals surface area (Å²) in [5.41, 5.74) is 2.05. The minimum atomic E-state index is -0.193. The predicted molar refractivity (Wildman–Crippen MR) is 68.5 cm³/mol. The van der Waals surface area contributed by atoms with E-state index < -0.39 is 0 Å². The number of hydrogen-bond acceptors (Lipinski definition) is 3. The van der Waals surface area contributed by atoms with E-state index in [-0.39, 0.29) is 11.1 Å². The Morgan fingerprint density at radius 2 is 2.06 bits per heavy atom. The minimum absolute atomic E-state index is 0.185. The maximum Gasteiger partial charge on any atom is 0.293 e. The highest BCUT2D eigenvalue weighted by Crippen LogP contribution is 2.31. The number of nitrogens with zero attached hydrogens (tertiary/aromatic N) is 2. The van der Waals surface area contributed by atoms with Gasteiger partial charge in [0.15, 0.2) is 0 Å². The van der Waals surface area contributed by atoms with Gasteiger partial charge in [-0.3, -0.25) is 14.5 Å². The third-order valence-electron chi connectivity index (χ3n) is 2.88. The van der Waals surface area contributed by atoms with Crippen LogP contribution in [0, 0.1) is 6.92 Å². The molecule has 0 saturated carbocycles. The fourth-order valence-electron chi connectivity index (χ4n) is 1.69. The van der Waals surface area contributed by atoms with Crippen LogP contribution < -0.4 is 0 Å². The first kappa shape index (κ1) is 12.0. The lowest BCUT2D eigenvalue weighted by molar-refractivity contribution is -0.122. The third-order valence-corrected chi connectivity index (χ3v) is 3.79. The summed E-state index contributed by atoms with van der Waals surface area (Å²) in [6.07, 6.45) is 1.77. The summed E-state index contributed by atoms with van der Waals surface area (Å²) in [6.45, 7) is 4.22. The van der Waals surface area contributed by atoms with Crippen molar-refractivity contribution in [3.8, 4) is 0 Å². The zero-order valence-corrected chi connectivity index (χ0v) is 10.9. The molecule has 1 fully saturated rings. The Morgan fingerprint density at radius 3 is 2.53 bits per heavy atom. The molecule has 17 heavy (non-hydrogen) atoms. The molecule has 0 bridgehead atoms. The zero-order chi connectivity index (χ0) is 12.6. The van der Waals surface area contributed by atoms with Crippen LogP contribution in [0.15, 0.2) is 17.0 Å². The maximum absolute atomic E-state index is 11.9. The highest BCUT2D eigenvalue weighted by molar-refractivity contribution is 8.18. The molecule has 90 valence electrons. The van der Waals surface area contributed by atoms with Crippen LogP contribution >= 0.6 is 11.8 Å². The number of imide groups is 1. The number of hydrogen-bond donors (Lipinski definition) is 0. The van der Waals surface area contributed by atoms with Crippen LogP contribution in [0.2, 0.25) is 0 Å². The van der Waals surface area contributed by atoms with E-state index in [1.54, 1.807) is 13.0 Å². The lowest BCUT2D eigenvalue weighted by atomic mass is 10.3. The van der Waals surface area contributed by atoms with Crippen molar-refractivity contribution in [2.75, 3.05) is 6.54 Å². The molecule has 0 radical (unpaired) electrons. The molecule has 1 aliphatic rings. The molecule has 1 aromatic heterocycles. The van der Waals surface area contributed by atoms with Gasteiger partial charge in [-0.15, -0.1) is 0 Å². The summed E-state index contributed by atoms with van der Waals surface area (Å²) in [7, 11) is 1.94. The fourth-order valence-corrected chi connectivity index (χ4v) is 2.57. The van der Waals surface area contributed by atoms with E-state index in [0.717, 1.165) is 23.1 Å². The molecule has 5 heteroatoms. The first-order valence-corrected chi connectivity index (χ1v) is 6.24. The average molecular weight is 250 g/mol. The Labute approximate surface area is 104 Å². The Kier molecular flexibility index (Phi) is 3.11. The highest BCUT2D eigenvalue weighted by atomic mass is 32.2. The van der Waals surface area contributed by atoms with Gasteiger partial charge in [-0.2, -0.15) is 0 Å². The molecule has 0 spiro atoms. The van der Waals surface area contributed by atoms with Gasteiger partial charge < -0.3 is 4.57 Å². The second-order valence-corrected chi connectivity index (χ2v) is 4.88. The molecule has 2 heterocycles. The standard InChI is InChI=1S/C12H14N2O2S/c1-4-14-11(15)10(17-12(14)16)7-9-6-5-8(2)13(9)3/h5-7H,4H2,1-3H3/b10-7-. The molecule has 1 aromatic rings. The monoisotopic (exact) mass is 250 g/mol. The van der Waals surface area contributed by atoms with Crippen molar-refractivity contribution in [1.29, 1.82) is 0 Å². The van der Waals surface area contributed by atoms with E-state index in [0.29, 0.717) is 11.4 Å². The maximum atomic E-state index is 11.9. The van der Waals surface area contributed by atoms with E-state index in [9.17, 15) is 9.59 Å². The third kappa shape index (κ3) is 2.02. The number of carbonyl (C=O) groups is 2. The molecule has 2 amide bonds. The first-order valence-electron chi connectivity index (χ1n) is 5.42. The van der Waals surface area contributed by atoms with Crippen molar-refractivity contribution in [3.05, 3.63) is 28.4 Å². The molecule has 0 N–H and O–H groups in total. The molecular weight excluding hydrogens is 236 g/mol. The largest absolute Gasteiger partial charge is 0.348 e. The van der Waals surface area contributed by atoms with Gasteiger partial charge in [0.05, 0.1) is 4.91 Å². The van der Waals surface area contributed by atoms with Crippen molar-refractivity contribution in [2.24, 2.45) is 7.05 Å². The number of aryl methyl sites for hydroxylation is 1. The Hall–Kier alpha value is -1.49. The molecule has 1 aliphatic heterocycles. The fraction of sp³-hybridized carbons (Fsp3) is 0.333. The summed E-state index contributed by atoms with van der Waals surface area (Å²) in [4.78, 5) is 25.2. The van der Waals surface area contributed by atoms with Gasteiger partial charge >= 0.3 is 0 Å². The van der Waals surface area contributed by atoms with E-state index in [1.807, 2.05) is 30.7 Å². The molecule has 1 saturated heterocycles. The second-order valence-electron chi connectivity index (χ2n) is 3.88. The predicted octanol–water partition coefficient (Wildman–Crippen LogP) is 2.39. The van der Waals surface area contributed by atoms with E-state index >= 15 is 0 Å². The summed E-state index contributed by atoms with van der Waals surface area (Å²) in [6, 6.07) is 3.92. The summed E-state index contributed by atoms with van der Waals surface area (Å²) < 4.78 is 1.99. The summed E-state index contributed by atoms with van der Waals surface area (Å²) in [5.74, 6) is -0.193. The summed E-state index contributed by atoms with van der Waals surface area (Å²) in [5, 5.41) is -0.185. The van der Waals surface area contributed by atoms with E-state index in [1.165, 1.54) is 4.90 Å². The van der Waals surface area contributed by atoms with Crippen molar-refractivity contribution in [2.45, 2.75) is 13.8 Å². The van der Waals surface area contributed by atoms with E-state index in [2.05, 4.69) is 0 Å². The smallest absolute Gasteiger partial charge is 0.293 e. The van der Waals surface area contributed by atoms with Gasteiger partial charge in [0.1, 0.15) is 0 Å². The summed E-state index contributed by atoms with van der Waals surface area (Å²) >= 11 is 1.00. The number of aromatic nitrogens is 1. The van der Waals surface area contributed by atoms with Crippen molar-refractivity contribution in [3.63, 3.8) is 0 Å². The van der Waals surface area contributed by atoms with Crippen LogP contribution in [0.25, 0.3) is 6.08 Å². The van der Waals surface area contributed by atoms with Crippen LogP contribution in [-0.2, 0) is 11.8 Å². The van der Waals surface area contributed by atoms with Gasteiger partial charge in [0.25, 0.3) is 11.1 Å². The lowest BCUT2D eigenvalue weighted by Crippen LogP contribution is -2.27. The first-order chi connectivity index (χ1) is 8.04. The molecule has 0 atom stereocenters. The number of thioether (sulfide) groups is 1. The Balaban J connectivity index is 2.33. The highest BCUT2D eigenvalue weighted by Gasteiger charge is 2.33. The normalized spacial score (nSPS) is 18.5.